The van der Waals surface area contributed by atoms with Crippen molar-refractivity contribution in [1.82, 2.24) is 5.32 Å². The van der Waals surface area contributed by atoms with Crippen LogP contribution in [-0.4, -0.2) is 31.1 Å². The average molecular weight is 313 g/mol. The summed E-state index contributed by atoms with van der Waals surface area (Å²) in [5.74, 6) is -0.426. The largest absolute Gasteiger partial charge is 0.462 e. The summed E-state index contributed by atoms with van der Waals surface area (Å²) in [7, 11) is 0. The van der Waals surface area contributed by atoms with Crippen LogP contribution in [0.5, 0.6) is 0 Å². The molecule has 0 spiro atoms. The van der Waals surface area contributed by atoms with Crippen molar-refractivity contribution in [2.75, 3.05) is 18.5 Å². The molecule has 6 heteroatoms. The van der Waals surface area contributed by atoms with Crippen molar-refractivity contribution < 1.29 is 14.3 Å². The van der Waals surface area contributed by atoms with Crippen LogP contribution in [0, 0.1) is 0 Å². The lowest BCUT2D eigenvalue weighted by Gasteiger charge is -2.22. The first-order chi connectivity index (χ1) is 9.70. The van der Waals surface area contributed by atoms with Gasteiger partial charge in [0.25, 0.3) is 0 Å². The first-order valence-corrected chi connectivity index (χ1v) is 7.02. The van der Waals surface area contributed by atoms with Crippen molar-refractivity contribution in [3.63, 3.8) is 0 Å². The second-order valence-corrected chi connectivity index (χ2v) is 4.79. The molecule has 0 radical (unpaired) electrons. The number of piperidine rings is 1. The second-order valence-electron chi connectivity index (χ2n) is 4.79. The summed E-state index contributed by atoms with van der Waals surface area (Å²) in [6.45, 7) is 2.97. The fourth-order valence-corrected chi connectivity index (χ4v) is 2.24. The van der Waals surface area contributed by atoms with Crippen molar-refractivity contribution >= 4 is 30.0 Å². The highest BCUT2D eigenvalue weighted by Gasteiger charge is 2.20. The van der Waals surface area contributed by atoms with Gasteiger partial charge in [-0.2, -0.15) is 0 Å². The van der Waals surface area contributed by atoms with Crippen molar-refractivity contribution in [2.24, 2.45) is 0 Å². The van der Waals surface area contributed by atoms with Gasteiger partial charge in [0.1, 0.15) is 0 Å². The zero-order chi connectivity index (χ0) is 14.4. The number of anilines is 1. The molecule has 0 saturated carbocycles. The van der Waals surface area contributed by atoms with E-state index < -0.39 is 0 Å². The summed E-state index contributed by atoms with van der Waals surface area (Å²) in [4.78, 5) is 23.7. The number of halogens is 1. The summed E-state index contributed by atoms with van der Waals surface area (Å²) in [6, 6.07) is 6.67. The minimum atomic E-state index is -0.376. The molecule has 1 amide bonds. The number of rotatable bonds is 4. The van der Waals surface area contributed by atoms with Crippen molar-refractivity contribution in [2.45, 2.75) is 32.2 Å². The Labute approximate surface area is 130 Å². The van der Waals surface area contributed by atoms with E-state index in [0.717, 1.165) is 25.8 Å². The number of esters is 1. The SMILES string of the molecule is CCOC(=O)c1cccc(NC(=O)[C@@H]2CCCCN2)c1.Cl. The van der Waals surface area contributed by atoms with Gasteiger partial charge in [0, 0.05) is 5.69 Å². The van der Waals surface area contributed by atoms with Crippen LogP contribution < -0.4 is 10.6 Å². The molecule has 0 aromatic heterocycles. The fourth-order valence-electron chi connectivity index (χ4n) is 2.24. The van der Waals surface area contributed by atoms with Crippen LogP contribution in [0.25, 0.3) is 0 Å². The molecule has 21 heavy (non-hydrogen) atoms. The summed E-state index contributed by atoms with van der Waals surface area (Å²) >= 11 is 0. The smallest absolute Gasteiger partial charge is 0.338 e. The van der Waals surface area contributed by atoms with E-state index in [9.17, 15) is 9.59 Å². The lowest BCUT2D eigenvalue weighted by atomic mass is 10.0. The van der Waals surface area contributed by atoms with E-state index in [1.165, 1.54) is 0 Å². The predicted molar refractivity (Wildman–Crippen MR) is 83.9 cm³/mol. The normalized spacial score (nSPS) is 17.5. The Hall–Kier alpha value is -1.59. The monoisotopic (exact) mass is 312 g/mol. The van der Waals surface area contributed by atoms with Gasteiger partial charge in [0.05, 0.1) is 18.2 Å². The predicted octanol–water partition coefficient (Wildman–Crippen LogP) is 2.37. The number of hydrogen-bond acceptors (Lipinski definition) is 4. The Kier molecular flexibility index (Phi) is 7.19. The van der Waals surface area contributed by atoms with Gasteiger partial charge >= 0.3 is 5.97 Å². The fraction of sp³-hybridized carbons (Fsp3) is 0.467. The molecule has 116 valence electrons. The van der Waals surface area contributed by atoms with Gasteiger partial charge < -0.3 is 15.4 Å². The molecule has 1 heterocycles. The zero-order valence-corrected chi connectivity index (χ0v) is 12.9. The topological polar surface area (TPSA) is 67.4 Å². The van der Waals surface area contributed by atoms with Gasteiger partial charge in [-0.05, 0) is 44.5 Å². The highest BCUT2D eigenvalue weighted by atomic mass is 35.5. The molecule has 0 aliphatic carbocycles. The third-order valence-corrected chi connectivity index (χ3v) is 3.27. The molecule has 1 aliphatic heterocycles. The highest BCUT2D eigenvalue weighted by molar-refractivity contribution is 5.97. The third-order valence-electron chi connectivity index (χ3n) is 3.27. The van der Waals surface area contributed by atoms with E-state index in [-0.39, 0.29) is 30.3 Å². The van der Waals surface area contributed by atoms with E-state index in [0.29, 0.717) is 17.9 Å². The van der Waals surface area contributed by atoms with Gasteiger partial charge in [-0.3, -0.25) is 4.79 Å². The van der Waals surface area contributed by atoms with E-state index in [4.69, 9.17) is 4.74 Å². The summed E-state index contributed by atoms with van der Waals surface area (Å²) in [5.41, 5.74) is 1.06. The molecule has 0 bridgehead atoms. The first-order valence-electron chi connectivity index (χ1n) is 7.02. The zero-order valence-electron chi connectivity index (χ0n) is 12.1. The van der Waals surface area contributed by atoms with Gasteiger partial charge in [0.15, 0.2) is 0 Å². The molecular formula is C15H21ClN2O3. The number of hydrogen-bond donors (Lipinski definition) is 2. The minimum absolute atomic E-state index is 0. The third kappa shape index (κ3) is 5.02. The Morgan fingerprint density at radius 2 is 2.19 bits per heavy atom. The van der Waals surface area contributed by atoms with Crippen LogP contribution in [0.1, 0.15) is 36.5 Å². The van der Waals surface area contributed by atoms with Crippen LogP contribution in [0.2, 0.25) is 0 Å². The first kappa shape index (κ1) is 17.5. The van der Waals surface area contributed by atoms with E-state index >= 15 is 0 Å². The molecule has 2 rings (SSSR count). The van der Waals surface area contributed by atoms with Crippen LogP contribution >= 0.6 is 12.4 Å². The quantitative estimate of drug-likeness (QED) is 0.838. The maximum atomic E-state index is 12.1. The number of benzene rings is 1. The highest BCUT2D eigenvalue weighted by Crippen LogP contribution is 2.14. The van der Waals surface area contributed by atoms with Gasteiger partial charge in [-0.1, -0.05) is 12.5 Å². The average Bonchev–Trinajstić information content (AvgIpc) is 2.48. The van der Waals surface area contributed by atoms with Gasteiger partial charge in [-0.15, -0.1) is 12.4 Å². The Morgan fingerprint density at radius 1 is 1.38 bits per heavy atom. The van der Waals surface area contributed by atoms with Gasteiger partial charge in [-0.25, -0.2) is 4.79 Å². The van der Waals surface area contributed by atoms with Crippen molar-refractivity contribution in [1.29, 1.82) is 0 Å². The Bertz CT molecular complexity index is 488. The van der Waals surface area contributed by atoms with Crippen LogP contribution in [0.4, 0.5) is 5.69 Å². The number of nitrogens with one attached hydrogen (secondary N) is 2. The van der Waals surface area contributed by atoms with Crippen LogP contribution in [0.15, 0.2) is 24.3 Å². The number of ether oxygens (including phenoxy) is 1. The second kappa shape index (κ2) is 8.64. The molecule has 1 aromatic carbocycles. The molecule has 1 aromatic rings. The number of amides is 1. The standard InChI is InChI=1S/C15H20N2O3.ClH/c1-2-20-15(19)11-6-5-7-12(10-11)17-14(18)13-8-3-4-9-16-13;/h5-7,10,13,16H,2-4,8-9H2,1H3,(H,17,18);1H/t13-;/m0./s1. The number of carbonyl (C=O) groups excluding carboxylic acids is 2. The molecule has 1 aliphatic rings. The molecule has 2 N–H and O–H groups in total. The van der Waals surface area contributed by atoms with Crippen molar-refractivity contribution in [3.05, 3.63) is 29.8 Å². The van der Waals surface area contributed by atoms with Gasteiger partial charge in [0.2, 0.25) is 5.91 Å². The lowest BCUT2D eigenvalue weighted by molar-refractivity contribution is -0.118. The molecule has 5 nitrogen and oxygen atoms in total. The lowest BCUT2D eigenvalue weighted by Crippen LogP contribution is -2.43. The Morgan fingerprint density at radius 3 is 2.86 bits per heavy atom. The molecule has 1 saturated heterocycles. The maximum Gasteiger partial charge on any atom is 0.338 e. The summed E-state index contributed by atoms with van der Waals surface area (Å²) < 4.78 is 4.94. The number of carbonyl (C=O) groups is 2. The molecule has 1 fully saturated rings. The van der Waals surface area contributed by atoms with Crippen molar-refractivity contribution in [3.8, 4) is 0 Å². The molecule has 1 atom stereocenters. The molecular weight excluding hydrogens is 292 g/mol. The Balaban J connectivity index is 0.00000220. The van der Waals surface area contributed by atoms with Crippen LogP contribution in [-0.2, 0) is 9.53 Å². The van der Waals surface area contributed by atoms with E-state index in [2.05, 4.69) is 10.6 Å². The maximum absolute atomic E-state index is 12.1. The minimum Gasteiger partial charge on any atom is -0.462 e. The van der Waals surface area contributed by atoms with E-state index in [1.54, 1.807) is 31.2 Å². The van der Waals surface area contributed by atoms with E-state index in [1.807, 2.05) is 0 Å². The molecule has 0 unspecified atom stereocenters. The van der Waals surface area contributed by atoms with Crippen LogP contribution in [0.3, 0.4) is 0 Å². The summed E-state index contributed by atoms with van der Waals surface area (Å²) in [6.07, 6.45) is 3.03. The summed E-state index contributed by atoms with van der Waals surface area (Å²) in [5, 5.41) is 6.03.